The molecule has 0 spiro atoms. The standard InChI is InChI=1S/C18H19ClN2O/c19-15-8-10-16(11-9-15)21-12-4-7-17(21)18(22)20-13-14-5-2-1-3-6-14/h1-3,5-6,8-11,17H,4,7,12-13H2,(H,20,22)/t17-/m0/s1. The van der Waals surface area contributed by atoms with Crippen LogP contribution in [0.3, 0.4) is 0 Å². The second kappa shape index (κ2) is 6.84. The van der Waals surface area contributed by atoms with E-state index in [4.69, 9.17) is 11.6 Å². The van der Waals surface area contributed by atoms with E-state index in [0.717, 1.165) is 30.6 Å². The Kier molecular flexibility index (Phi) is 4.64. The molecule has 1 fully saturated rings. The molecule has 1 aliphatic rings. The summed E-state index contributed by atoms with van der Waals surface area (Å²) in [6.07, 6.45) is 1.93. The molecule has 2 aromatic rings. The first-order chi connectivity index (χ1) is 10.7. The molecule has 1 atom stereocenters. The minimum atomic E-state index is -0.0927. The summed E-state index contributed by atoms with van der Waals surface area (Å²) >= 11 is 5.94. The topological polar surface area (TPSA) is 32.3 Å². The molecule has 3 rings (SSSR count). The number of carbonyl (C=O) groups excluding carboxylic acids is 1. The van der Waals surface area contributed by atoms with Gasteiger partial charge in [0.25, 0.3) is 0 Å². The van der Waals surface area contributed by atoms with E-state index in [1.165, 1.54) is 0 Å². The van der Waals surface area contributed by atoms with Crippen LogP contribution >= 0.6 is 11.6 Å². The highest BCUT2D eigenvalue weighted by Gasteiger charge is 2.30. The van der Waals surface area contributed by atoms with Gasteiger partial charge in [0, 0.05) is 23.8 Å². The Hall–Kier alpha value is -2.00. The van der Waals surface area contributed by atoms with Crippen LogP contribution in [-0.4, -0.2) is 18.5 Å². The van der Waals surface area contributed by atoms with Crippen molar-refractivity contribution in [2.45, 2.75) is 25.4 Å². The van der Waals surface area contributed by atoms with E-state index in [1.807, 2.05) is 54.6 Å². The first-order valence-electron chi connectivity index (χ1n) is 7.58. The van der Waals surface area contributed by atoms with Crippen molar-refractivity contribution in [1.82, 2.24) is 5.32 Å². The van der Waals surface area contributed by atoms with Crippen molar-refractivity contribution < 1.29 is 4.79 Å². The van der Waals surface area contributed by atoms with Crippen LogP contribution in [0.5, 0.6) is 0 Å². The second-order valence-corrected chi connectivity index (χ2v) is 5.97. The molecule has 22 heavy (non-hydrogen) atoms. The van der Waals surface area contributed by atoms with Crippen LogP contribution < -0.4 is 10.2 Å². The van der Waals surface area contributed by atoms with E-state index in [9.17, 15) is 4.79 Å². The van der Waals surface area contributed by atoms with Gasteiger partial charge in [0.2, 0.25) is 5.91 Å². The van der Waals surface area contributed by atoms with Crippen LogP contribution in [0.1, 0.15) is 18.4 Å². The van der Waals surface area contributed by atoms with Gasteiger partial charge in [0.05, 0.1) is 0 Å². The quantitative estimate of drug-likeness (QED) is 0.934. The summed E-state index contributed by atoms with van der Waals surface area (Å²) in [6, 6.07) is 17.6. The molecule has 1 N–H and O–H groups in total. The van der Waals surface area contributed by atoms with Crippen molar-refractivity contribution in [3.05, 3.63) is 65.2 Å². The molecule has 1 heterocycles. The zero-order valence-electron chi connectivity index (χ0n) is 12.3. The van der Waals surface area contributed by atoms with Gasteiger partial charge < -0.3 is 10.2 Å². The summed E-state index contributed by atoms with van der Waals surface area (Å²) < 4.78 is 0. The number of nitrogens with zero attached hydrogens (tertiary/aromatic N) is 1. The molecule has 114 valence electrons. The number of rotatable bonds is 4. The molecule has 0 unspecified atom stereocenters. The SMILES string of the molecule is O=C(NCc1ccccc1)[C@@H]1CCCN1c1ccc(Cl)cc1. The highest BCUT2D eigenvalue weighted by molar-refractivity contribution is 6.30. The lowest BCUT2D eigenvalue weighted by atomic mass is 10.1. The van der Waals surface area contributed by atoms with E-state index >= 15 is 0 Å². The largest absolute Gasteiger partial charge is 0.360 e. The Labute approximate surface area is 135 Å². The number of anilines is 1. The smallest absolute Gasteiger partial charge is 0.242 e. The number of hydrogen-bond acceptors (Lipinski definition) is 2. The van der Waals surface area contributed by atoms with E-state index in [-0.39, 0.29) is 11.9 Å². The van der Waals surface area contributed by atoms with Crippen LogP contribution in [0.4, 0.5) is 5.69 Å². The van der Waals surface area contributed by atoms with Crippen molar-refractivity contribution >= 4 is 23.2 Å². The Balaban J connectivity index is 1.65. The maximum atomic E-state index is 12.5. The first kappa shape index (κ1) is 14.9. The fourth-order valence-electron chi connectivity index (χ4n) is 2.88. The van der Waals surface area contributed by atoms with Crippen LogP contribution in [0, 0.1) is 0 Å². The van der Waals surface area contributed by atoms with E-state index in [2.05, 4.69) is 10.2 Å². The van der Waals surface area contributed by atoms with Gasteiger partial charge in [-0.05, 0) is 42.7 Å². The molecule has 3 nitrogen and oxygen atoms in total. The second-order valence-electron chi connectivity index (χ2n) is 5.53. The lowest BCUT2D eigenvalue weighted by molar-refractivity contribution is -0.122. The molecule has 1 aliphatic heterocycles. The van der Waals surface area contributed by atoms with Gasteiger partial charge in [0.1, 0.15) is 6.04 Å². The third-order valence-corrected chi connectivity index (χ3v) is 4.28. The first-order valence-corrected chi connectivity index (χ1v) is 7.96. The van der Waals surface area contributed by atoms with Crippen molar-refractivity contribution in [2.75, 3.05) is 11.4 Å². The van der Waals surface area contributed by atoms with Crippen molar-refractivity contribution in [3.63, 3.8) is 0 Å². The zero-order valence-corrected chi connectivity index (χ0v) is 13.1. The molecule has 0 saturated carbocycles. The van der Waals surface area contributed by atoms with Crippen molar-refractivity contribution in [3.8, 4) is 0 Å². The number of halogens is 1. The number of amides is 1. The van der Waals surface area contributed by atoms with Crippen molar-refractivity contribution in [1.29, 1.82) is 0 Å². The molecule has 4 heteroatoms. The summed E-state index contributed by atoms with van der Waals surface area (Å²) in [5.74, 6) is 0.0938. The lowest BCUT2D eigenvalue weighted by Gasteiger charge is -2.26. The van der Waals surface area contributed by atoms with E-state index in [0.29, 0.717) is 11.6 Å². The molecule has 1 saturated heterocycles. The van der Waals surface area contributed by atoms with Crippen LogP contribution in [-0.2, 0) is 11.3 Å². The zero-order chi connectivity index (χ0) is 15.4. The van der Waals surface area contributed by atoms with E-state index in [1.54, 1.807) is 0 Å². The third kappa shape index (κ3) is 3.42. The molecule has 0 bridgehead atoms. The average Bonchev–Trinajstić information content (AvgIpc) is 3.04. The molecule has 0 aromatic heterocycles. The highest BCUT2D eigenvalue weighted by atomic mass is 35.5. The predicted octanol–water partition coefficient (Wildman–Crippen LogP) is 3.63. The summed E-state index contributed by atoms with van der Waals surface area (Å²) in [6.45, 7) is 1.48. The number of carbonyl (C=O) groups is 1. The molecule has 1 amide bonds. The van der Waals surface area contributed by atoms with Gasteiger partial charge in [-0.15, -0.1) is 0 Å². The molecular weight excluding hydrogens is 296 g/mol. The average molecular weight is 315 g/mol. The lowest BCUT2D eigenvalue weighted by Crippen LogP contribution is -2.43. The number of benzene rings is 2. The molecule has 0 aliphatic carbocycles. The summed E-state index contributed by atoms with van der Waals surface area (Å²) in [5.41, 5.74) is 2.17. The Morgan fingerprint density at radius 3 is 2.59 bits per heavy atom. The normalized spacial score (nSPS) is 17.5. The molecular formula is C18H19ClN2O. The summed E-state index contributed by atoms with van der Waals surface area (Å²) in [7, 11) is 0. The van der Waals surface area contributed by atoms with Gasteiger partial charge >= 0.3 is 0 Å². The Morgan fingerprint density at radius 2 is 1.86 bits per heavy atom. The summed E-state index contributed by atoms with van der Waals surface area (Å²) in [5, 5.41) is 3.76. The Bertz CT molecular complexity index is 627. The van der Waals surface area contributed by atoms with Crippen LogP contribution in [0.2, 0.25) is 5.02 Å². The van der Waals surface area contributed by atoms with Gasteiger partial charge in [-0.1, -0.05) is 41.9 Å². The predicted molar refractivity (Wildman–Crippen MR) is 90.1 cm³/mol. The van der Waals surface area contributed by atoms with Crippen LogP contribution in [0.25, 0.3) is 0 Å². The summed E-state index contributed by atoms with van der Waals surface area (Å²) in [4.78, 5) is 14.7. The Morgan fingerprint density at radius 1 is 1.14 bits per heavy atom. The minimum absolute atomic E-state index is 0.0927. The maximum Gasteiger partial charge on any atom is 0.242 e. The third-order valence-electron chi connectivity index (χ3n) is 4.02. The van der Waals surface area contributed by atoms with Crippen molar-refractivity contribution in [2.24, 2.45) is 0 Å². The fraction of sp³-hybridized carbons (Fsp3) is 0.278. The van der Waals surface area contributed by atoms with Gasteiger partial charge in [0.15, 0.2) is 0 Å². The van der Waals surface area contributed by atoms with Gasteiger partial charge in [-0.25, -0.2) is 0 Å². The maximum absolute atomic E-state index is 12.5. The van der Waals surface area contributed by atoms with E-state index < -0.39 is 0 Å². The minimum Gasteiger partial charge on any atom is -0.360 e. The highest BCUT2D eigenvalue weighted by Crippen LogP contribution is 2.26. The number of nitrogens with one attached hydrogen (secondary N) is 1. The fourth-order valence-corrected chi connectivity index (χ4v) is 3.01. The number of hydrogen-bond donors (Lipinski definition) is 1. The molecule has 0 radical (unpaired) electrons. The van der Waals surface area contributed by atoms with Crippen LogP contribution in [0.15, 0.2) is 54.6 Å². The monoisotopic (exact) mass is 314 g/mol. The van der Waals surface area contributed by atoms with Gasteiger partial charge in [-0.2, -0.15) is 0 Å². The molecule has 2 aromatic carbocycles. The van der Waals surface area contributed by atoms with Gasteiger partial charge in [-0.3, -0.25) is 4.79 Å².